The first kappa shape index (κ1) is 18.8. The molecule has 2 fully saturated rings. The zero-order valence-electron chi connectivity index (χ0n) is 13.7. The summed E-state index contributed by atoms with van der Waals surface area (Å²) >= 11 is 0.257. The first-order valence-electron chi connectivity index (χ1n) is 8.25. The van der Waals surface area contributed by atoms with Gasteiger partial charge in [-0.15, -0.1) is 10.2 Å². The van der Waals surface area contributed by atoms with Crippen LogP contribution in [0.1, 0.15) is 30.7 Å². The maximum Gasteiger partial charge on any atom is 0.445 e. The van der Waals surface area contributed by atoms with E-state index in [2.05, 4.69) is 26.1 Å². The number of nitrogens with zero attached hydrogens (tertiary/aromatic N) is 2. The highest BCUT2D eigenvalue weighted by molar-refractivity contribution is 7.15. The predicted octanol–water partition coefficient (Wildman–Crippen LogP) is 1.70. The van der Waals surface area contributed by atoms with E-state index in [1.54, 1.807) is 6.08 Å². The number of rotatable bonds is 7. The summed E-state index contributed by atoms with van der Waals surface area (Å²) in [7, 11) is 0. The molecule has 3 rings (SSSR count). The van der Waals surface area contributed by atoms with Crippen LogP contribution in [0, 0.1) is 5.92 Å². The van der Waals surface area contributed by atoms with Crippen molar-refractivity contribution in [3.8, 4) is 0 Å². The Balaban J connectivity index is 1.54. The Hall–Kier alpha value is -2.01. The summed E-state index contributed by atoms with van der Waals surface area (Å²) in [5, 5.41) is 13.1. The van der Waals surface area contributed by atoms with Gasteiger partial charge in [-0.05, 0) is 25.3 Å². The number of hydrogen-bond acceptors (Lipinski definition) is 6. The van der Waals surface area contributed by atoms with Gasteiger partial charge in [0.05, 0.1) is 6.04 Å². The molecule has 7 nitrogen and oxygen atoms in total. The largest absolute Gasteiger partial charge is 0.445 e. The van der Waals surface area contributed by atoms with Crippen molar-refractivity contribution in [2.75, 3.05) is 11.9 Å². The molecule has 2 aliphatic rings. The van der Waals surface area contributed by atoms with Crippen molar-refractivity contribution >= 4 is 28.3 Å². The van der Waals surface area contributed by atoms with Crippen LogP contribution in [0.2, 0.25) is 0 Å². The molecule has 2 heterocycles. The van der Waals surface area contributed by atoms with Crippen LogP contribution in [-0.2, 0) is 15.8 Å². The van der Waals surface area contributed by atoms with Gasteiger partial charge in [0.25, 0.3) is 0 Å². The topological polar surface area (TPSA) is 96.0 Å². The van der Waals surface area contributed by atoms with Gasteiger partial charge < -0.3 is 10.6 Å². The molecule has 0 bridgehead atoms. The standard InChI is InChI=1S/C15H18F3N5O2S/c16-15(17,18)13-22-23-14(26-13)21-11(24)4-3-9(7-8-1-2-8)20-12(25)10-5-6-19-10/h3-4,8-10,19H,1-2,5-7H2,(H,20,25)(H,21,23,24)/b4-3+/t9-,10+/m1/s1. The molecule has 0 unspecified atom stereocenters. The molecular weight excluding hydrogens is 371 g/mol. The number of alkyl halides is 3. The Labute approximate surface area is 151 Å². The first-order chi connectivity index (χ1) is 12.3. The van der Waals surface area contributed by atoms with Crippen LogP contribution in [0.5, 0.6) is 0 Å². The van der Waals surface area contributed by atoms with Crippen molar-refractivity contribution in [2.24, 2.45) is 5.92 Å². The molecule has 26 heavy (non-hydrogen) atoms. The molecule has 1 saturated carbocycles. The fourth-order valence-electron chi connectivity index (χ4n) is 2.43. The zero-order chi connectivity index (χ0) is 18.7. The minimum atomic E-state index is -4.59. The third-order valence-corrected chi connectivity index (χ3v) is 5.01. The Kier molecular flexibility index (Phi) is 5.56. The molecule has 2 amide bonds. The van der Waals surface area contributed by atoms with E-state index in [0.29, 0.717) is 5.92 Å². The van der Waals surface area contributed by atoms with Gasteiger partial charge in [0, 0.05) is 12.1 Å². The van der Waals surface area contributed by atoms with Gasteiger partial charge in [-0.2, -0.15) is 13.2 Å². The molecule has 1 aromatic rings. The fraction of sp³-hybridized carbons (Fsp3) is 0.600. The average Bonchev–Trinajstić information content (AvgIpc) is 3.17. The highest BCUT2D eigenvalue weighted by atomic mass is 32.1. The molecule has 2 atom stereocenters. The normalized spacial score (nSPS) is 21.3. The van der Waals surface area contributed by atoms with E-state index in [0.717, 1.165) is 32.2 Å². The summed E-state index contributed by atoms with van der Waals surface area (Å²) in [6.07, 6.45) is 1.89. The Bertz CT molecular complexity index is 698. The van der Waals surface area contributed by atoms with E-state index in [4.69, 9.17) is 0 Å². The number of anilines is 1. The van der Waals surface area contributed by atoms with Gasteiger partial charge >= 0.3 is 6.18 Å². The van der Waals surface area contributed by atoms with Crippen LogP contribution in [0.25, 0.3) is 0 Å². The molecule has 0 aromatic carbocycles. The van der Waals surface area contributed by atoms with E-state index >= 15 is 0 Å². The second kappa shape index (κ2) is 7.70. The van der Waals surface area contributed by atoms with Crippen LogP contribution in [-0.4, -0.2) is 40.6 Å². The number of halogens is 3. The molecule has 142 valence electrons. The number of carbonyl (C=O) groups is 2. The minimum absolute atomic E-state index is 0.106. The van der Waals surface area contributed by atoms with Gasteiger partial charge in [0.15, 0.2) is 0 Å². The fourth-order valence-corrected chi connectivity index (χ4v) is 3.05. The highest BCUT2D eigenvalue weighted by Gasteiger charge is 2.35. The van der Waals surface area contributed by atoms with E-state index in [1.165, 1.54) is 6.08 Å². The number of carbonyl (C=O) groups excluding carboxylic acids is 2. The second-order valence-corrected chi connectivity index (χ2v) is 7.33. The first-order valence-corrected chi connectivity index (χ1v) is 9.06. The number of nitrogens with one attached hydrogen (secondary N) is 3. The SMILES string of the molecule is O=C(/C=C/[C@H](CC1CC1)NC(=O)[C@@H]1CCN1)Nc1nnc(C(F)(F)F)s1. The third-order valence-electron chi connectivity index (χ3n) is 4.13. The molecule has 1 aromatic heterocycles. The van der Waals surface area contributed by atoms with E-state index < -0.39 is 17.1 Å². The quantitative estimate of drug-likeness (QED) is 0.617. The maximum atomic E-state index is 12.5. The van der Waals surface area contributed by atoms with Crippen LogP contribution < -0.4 is 16.0 Å². The number of aromatic nitrogens is 2. The molecule has 1 saturated heterocycles. The van der Waals surface area contributed by atoms with Gasteiger partial charge in [-0.1, -0.05) is 30.3 Å². The lowest BCUT2D eigenvalue weighted by Crippen LogP contribution is -2.54. The van der Waals surface area contributed by atoms with Crippen LogP contribution in [0.15, 0.2) is 12.2 Å². The molecule has 11 heteroatoms. The van der Waals surface area contributed by atoms with Crippen LogP contribution >= 0.6 is 11.3 Å². The van der Waals surface area contributed by atoms with Crippen molar-refractivity contribution in [3.05, 3.63) is 17.2 Å². The number of hydrogen-bond donors (Lipinski definition) is 3. The van der Waals surface area contributed by atoms with E-state index in [9.17, 15) is 22.8 Å². The van der Waals surface area contributed by atoms with Gasteiger partial charge in [-0.25, -0.2) is 0 Å². The summed E-state index contributed by atoms with van der Waals surface area (Å²) in [4.78, 5) is 23.9. The summed E-state index contributed by atoms with van der Waals surface area (Å²) in [5.41, 5.74) is 0. The lowest BCUT2D eigenvalue weighted by molar-refractivity contribution is -0.138. The van der Waals surface area contributed by atoms with Gasteiger partial charge in [0.2, 0.25) is 22.0 Å². The van der Waals surface area contributed by atoms with Crippen molar-refractivity contribution in [3.63, 3.8) is 0 Å². The molecule has 3 N–H and O–H groups in total. The summed E-state index contributed by atoms with van der Waals surface area (Å²) in [5.74, 6) is -0.197. The molecule has 0 radical (unpaired) electrons. The van der Waals surface area contributed by atoms with E-state index in [-0.39, 0.29) is 34.5 Å². The van der Waals surface area contributed by atoms with Crippen molar-refractivity contribution in [2.45, 2.75) is 43.9 Å². The van der Waals surface area contributed by atoms with Crippen molar-refractivity contribution in [1.29, 1.82) is 0 Å². The predicted molar refractivity (Wildman–Crippen MR) is 88.4 cm³/mol. The zero-order valence-corrected chi connectivity index (χ0v) is 14.5. The second-order valence-electron chi connectivity index (χ2n) is 6.35. The third kappa shape index (κ3) is 5.24. The monoisotopic (exact) mass is 389 g/mol. The van der Waals surface area contributed by atoms with Crippen LogP contribution in [0.3, 0.4) is 0 Å². The Morgan fingerprint density at radius 2 is 2.04 bits per heavy atom. The lowest BCUT2D eigenvalue weighted by Gasteiger charge is -2.28. The summed E-state index contributed by atoms with van der Waals surface area (Å²) in [6, 6.07) is -0.482. The van der Waals surface area contributed by atoms with Gasteiger partial charge in [-0.3, -0.25) is 14.9 Å². The van der Waals surface area contributed by atoms with Crippen LogP contribution in [0.4, 0.5) is 18.3 Å². The molecule has 1 aliphatic carbocycles. The Morgan fingerprint density at radius 1 is 1.31 bits per heavy atom. The van der Waals surface area contributed by atoms with Crippen molar-refractivity contribution in [1.82, 2.24) is 20.8 Å². The highest BCUT2D eigenvalue weighted by Crippen LogP contribution is 2.34. The minimum Gasteiger partial charge on any atom is -0.349 e. The number of amides is 2. The maximum absolute atomic E-state index is 12.5. The van der Waals surface area contributed by atoms with E-state index in [1.807, 2.05) is 0 Å². The lowest BCUT2D eigenvalue weighted by atomic mass is 10.0. The molecular formula is C15H18F3N5O2S. The summed E-state index contributed by atoms with van der Waals surface area (Å²) in [6.45, 7) is 0.811. The summed E-state index contributed by atoms with van der Waals surface area (Å²) < 4.78 is 37.4. The molecule has 0 spiro atoms. The Morgan fingerprint density at radius 3 is 2.58 bits per heavy atom. The molecule has 1 aliphatic heterocycles. The average molecular weight is 389 g/mol. The van der Waals surface area contributed by atoms with Gasteiger partial charge in [0.1, 0.15) is 0 Å². The smallest absolute Gasteiger partial charge is 0.349 e. The van der Waals surface area contributed by atoms with Crippen molar-refractivity contribution < 1.29 is 22.8 Å².